The Hall–Kier alpha value is -3.66. The molecule has 0 atom stereocenters. The van der Waals surface area contributed by atoms with Gasteiger partial charge in [-0.15, -0.1) is 0 Å². The van der Waals surface area contributed by atoms with Crippen LogP contribution in [0.15, 0.2) is 54.1 Å². The van der Waals surface area contributed by atoms with Gasteiger partial charge in [0.25, 0.3) is 5.91 Å². The van der Waals surface area contributed by atoms with Crippen LogP contribution in [0.1, 0.15) is 18.1 Å². The predicted molar refractivity (Wildman–Crippen MR) is 113 cm³/mol. The molecule has 0 aliphatic heterocycles. The first-order valence-electron chi connectivity index (χ1n) is 9.42. The number of rotatable bonds is 8. The first-order valence-corrected chi connectivity index (χ1v) is 9.42. The SMILES string of the molecule is CCN(Cc1cccc(F)c1)C(=O)COC(=O)/C(C#N)=C/c1ccc(N(C)C)cc1. The second-order valence-corrected chi connectivity index (χ2v) is 6.77. The fourth-order valence-electron chi connectivity index (χ4n) is 2.70. The van der Waals surface area contributed by atoms with Crippen LogP contribution < -0.4 is 4.90 Å². The van der Waals surface area contributed by atoms with Crippen molar-refractivity contribution in [2.45, 2.75) is 13.5 Å². The molecule has 0 N–H and O–H groups in total. The third-order valence-electron chi connectivity index (χ3n) is 4.38. The lowest BCUT2D eigenvalue weighted by atomic mass is 10.1. The number of nitriles is 1. The molecule has 0 spiro atoms. The van der Waals surface area contributed by atoms with Crippen LogP contribution in [-0.2, 0) is 20.9 Å². The zero-order valence-electron chi connectivity index (χ0n) is 17.3. The van der Waals surface area contributed by atoms with E-state index in [-0.39, 0.29) is 17.9 Å². The van der Waals surface area contributed by atoms with Crippen molar-refractivity contribution in [1.29, 1.82) is 5.26 Å². The number of likely N-dealkylation sites (N-methyl/N-ethyl adjacent to an activating group) is 1. The van der Waals surface area contributed by atoms with Crippen molar-refractivity contribution in [3.8, 4) is 6.07 Å². The van der Waals surface area contributed by atoms with Crippen LogP contribution in [0.5, 0.6) is 0 Å². The third kappa shape index (κ3) is 6.45. The van der Waals surface area contributed by atoms with Gasteiger partial charge >= 0.3 is 5.97 Å². The van der Waals surface area contributed by atoms with Gasteiger partial charge < -0.3 is 14.5 Å². The predicted octanol–water partition coefficient (Wildman–Crippen LogP) is 3.39. The Morgan fingerprint density at radius 3 is 2.43 bits per heavy atom. The highest BCUT2D eigenvalue weighted by Crippen LogP contribution is 2.15. The normalized spacial score (nSPS) is 10.8. The molecule has 7 heteroatoms. The van der Waals surface area contributed by atoms with Crippen molar-refractivity contribution in [1.82, 2.24) is 4.90 Å². The number of nitrogens with zero attached hydrogens (tertiary/aromatic N) is 3. The topological polar surface area (TPSA) is 73.6 Å². The molecule has 2 aromatic carbocycles. The summed E-state index contributed by atoms with van der Waals surface area (Å²) in [6.07, 6.45) is 1.41. The second-order valence-electron chi connectivity index (χ2n) is 6.77. The number of hydrogen-bond acceptors (Lipinski definition) is 5. The summed E-state index contributed by atoms with van der Waals surface area (Å²) in [7, 11) is 3.82. The molecule has 0 heterocycles. The van der Waals surface area contributed by atoms with Crippen LogP contribution >= 0.6 is 0 Å². The van der Waals surface area contributed by atoms with Crippen LogP contribution in [0.2, 0.25) is 0 Å². The highest BCUT2D eigenvalue weighted by molar-refractivity contribution is 5.98. The smallest absolute Gasteiger partial charge is 0.349 e. The molecule has 0 saturated carbocycles. The summed E-state index contributed by atoms with van der Waals surface area (Å²) in [5, 5.41) is 9.28. The minimum Gasteiger partial charge on any atom is -0.451 e. The first-order chi connectivity index (χ1) is 14.3. The van der Waals surface area contributed by atoms with E-state index in [1.807, 2.05) is 37.2 Å². The van der Waals surface area contributed by atoms with Gasteiger partial charge in [0.15, 0.2) is 6.61 Å². The van der Waals surface area contributed by atoms with E-state index in [1.165, 1.54) is 23.1 Å². The summed E-state index contributed by atoms with van der Waals surface area (Å²) in [6.45, 7) is 1.84. The standard InChI is InChI=1S/C23H24FN3O3/c1-4-27(15-18-6-5-7-20(24)13-18)22(28)16-30-23(29)19(14-25)12-17-8-10-21(11-9-17)26(2)3/h5-13H,4,15-16H2,1-3H3/b19-12+. The average Bonchev–Trinajstić information content (AvgIpc) is 2.74. The molecule has 0 aliphatic carbocycles. The highest BCUT2D eigenvalue weighted by atomic mass is 19.1. The summed E-state index contributed by atoms with van der Waals surface area (Å²) < 4.78 is 18.4. The lowest BCUT2D eigenvalue weighted by molar-refractivity contribution is -0.148. The summed E-state index contributed by atoms with van der Waals surface area (Å²) >= 11 is 0. The van der Waals surface area contributed by atoms with E-state index in [0.717, 1.165) is 5.69 Å². The van der Waals surface area contributed by atoms with Crippen LogP contribution in [-0.4, -0.2) is 44.0 Å². The second kappa shape index (κ2) is 10.8. The third-order valence-corrected chi connectivity index (χ3v) is 4.38. The molecule has 156 valence electrons. The molecule has 30 heavy (non-hydrogen) atoms. The van der Waals surface area contributed by atoms with Crippen LogP contribution in [0.4, 0.5) is 10.1 Å². The Bertz CT molecular complexity index is 962. The molecular weight excluding hydrogens is 385 g/mol. The maximum Gasteiger partial charge on any atom is 0.349 e. The van der Waals surface area contributed by atoms with Gasteiger partial charge in [0.1, 0.15) is 17.5 Å². The molecular formula is C23H24FN3O3. The zero-order valence-corrected chi connectivity index (χ0v) is 17.3. The van der Waals surface area contributed by atoms with E-state index in [2.05, 4.69) is 0 Å². The largest absolute Gasteiger partial charge is 0.451 e. The van der Waals surface area contributed by atoms with Crippen molar-refractivity contribution in [2.24, 2.45) is 0 Å². The molecule has 0 unspecified atom stereocenters. The van der Waals surface area contributed by atoms with Gasteiger partial charge in [0.05, 0.1) is 0 Å². The number of hydrogen-bond donors (Lipinski definition) is 0. The zero-order chi connectivity index (χ0) is 22.1. The molecule has 0 radical (unpaired) electrons. The minimum atomic E-state index is -0.871. The summed E-state index contributed by atoms with van der Waals surface area (Å²) in [6, 6.07) is 15.0. The van der Waals surface area contributed by atoms with Gasteiger partial charge in [0.2, 0.25) is 0 Å². The van der Waals surface area contributed by atoms with Gasteiger partial charge in [-0.2, -0.15) is 5.26 Å². The fraction of sp³-hybridized carbons (Fsp3) is 0.261. The van der Waals surface area contributed by atoms with E-state index < -0.39 is 18.5 Å². The number of ether oxygens (including phenoxy) is 1. The Balaban J connectivity index is 1.99. The van der Waals surface area contributed by atoms with Crippen LogP contribution in [0.3, 0.4) is 0 Å². The van der Waals surface area contributed by atoms with E-state index in [1.54, 1.807) is 31.2 Å². The Kier molecular flexibility index (Phi) is 8.12. The number of carbonyl (C=O) groups is 2. The number of carbonyl (C=O) groups excluding carboxylic acids is 2. The van der Waals surface area contributed by atoms with Crippen molar-refractivity contribution < 1.29 is 18.7 Å². The van der Waals surface area contributed by atoms with Gasteiger partial charge in [0, 0.05) is 32.9 Å². The minimum absolute atomic E-state index is 0.198. The maximum atomic E-state index is 13.3. The molecule has 6 nitrogen and oxygen atoms in total. The van der Waals surface area contributed by atoms with Crippen molar-refractivity contribution >= 4 is 23.6 Å². The van der Waals surface area contributed by atoms with Crippen LogP contribution in [0, 0.1) is 17.1 Å². The van der Waals surface area contributed by atoms with Gasteiger partial charge in [-0.3, -0.25) is 4.79 Å². The highest BCUT2D eigenvalue weighted by Gasteiger charge is 2.17. The fourth-order valence-corrected chi connectivity index (χ4v) is 2.70. The molecule has 0 bridgehead atoms. The Labute approximate surface area is 175 Å². The maximum absolute atomic E-state index is 13.3. The molecule has 2 aromatic rings. The van der Waals surface area contributed by atoms with Crippen molar-refractivity contribution in [3.05, 3.63) is 71.0 Å². The number of amides is 1. The Morgan fingerprint density at radius 2 is 1.87 bits per heavy atom. The first kappa shape index (κ1) is 22.6. The van der Waals surface area contributed by atoms with E-state index in [0.29, 0.717) is 17.7 Å². The summed E-state index contributed by atoms with van der Waals surface area (Å²) in [5.74, 6) is -1.68. The lowest BCUT2D eigenvalue weighted by Gasteiger charge is -2.20. The quantitative estimate of drug-likeness (QED) is 0.380. The molecule has 0 aromatic heterocycles. The Morgan fingerprint density at radius 1 is 1.17 bits per heavy atom. The van der Waals surface area contributed by atoms with Gasteiger partial charge in [-0.1, -0.05) is 24.3 Å². The number of benzene rings is 2. The van der Waals surface area contributed by atoms with E-state index in [4.69, 9.17) is 4.74 Å². The summed E-state index contributed by atoms with van der Waals surface area (Å²) in [5.41, 5.74) is 2.09. The molecule has 1 amide bonds. The van der Waals surface area contributed by atoms with E-state index in [9.17, 15) is 19.2 Å². The molecule has 2 rings (SSSR count). The number of halogens is 1. The lowest BCUT2D eigenvalue weighted by Crippen LogP contribution is -2.34. The molecule has 0 saturated heterocycles. The van der Waals surface area contributed by atoms with Crippen LogP contribution in [0.25, 0.3) is 6.08 Å². The summed E-state index contributed by atoms with van der Waals surface area (Å²) in [4.78, 5) is 28.0. The van der Waals surface area contributed by atoms with Crippen molar-refractivity contribution in [2.75, 3.05) is 32.1 Å². The average molecular weight is 409 g/mol. The molecule has 0 aliphatic rings. The monoisotopic (exact) mass is 409 g/mol. The molecule has 0 fully saturated rings. The number of esters is 1. The van der Waals surface area contributed by atoms with Gasteiger partial charge in [-0.05, 0) is 48.4 Å². The van der Waals surface area contributed by atoms with Gasteiger partial charge in [-0.25, -0.2) is 9.18 Å². The number of anilines is 1. The van der Waals surface area contributed by atoms with E-state index >= 15 is 0 Å². The van der Waals surface area contributed by atoms with Crippen molar-refractivity contribution in [3.63, 3.8) is 0 Å².